The van der Waals surface area contributed by atoms with Crippen LogP contribution in [-0.2, 0) is 92.7 Å². The number of rotatable bonds is 0. The molecule has 0 fully saturated rings. The first-order chi connectivity index (χ1) is 13.2. The summed E-state index contributed by atoms with van der Waals surface area (Å²) in [5.41, 5.74) is 0. The van der Waals surface area contributed by atoms with Crippen molar-refractivity contribution in [2.24, 2.45) is 0 Å². The molecule has 0 aliphatic rings. The Labute approximate surface area is 208 Å². The van der Waals surface area contributed by atoms with E-state index < -0.39 is 59.7 Å². The molecule has 0 aromatic rings. The van der Waals surface area contributed by atoms with Gasteiger partial charge in [-0.05, 0) is 0 Å². The van der Waals surface area contributed by atoms with Crippen molar-refractivity contribution in [3.05, 3.63) is 0 Å². The summed E-state index contributed by atoms with van der Waals surface area (Å²) >= 11 is 0. The number of carbonyl (C=O) groups is 10. The van der Waals surface area contributed by atoms with Crippen molar-refractivity contribution in [1.82, 2.24) is 0 Å². The van der Waals surface area contributed by atoms with E-state index in [1.165, 1.54) is 0 Å². The van der Waals surface area contributed by atoms with Gasteiger partial charge in [-0.3, -0.25) is 0 Å². The Morgan fingerprint density at radius 2 is 0.273 bits per heavy atom. The second-order valence-corrected chi connectivity index (χ2v) is 2.87. The Hall–Kier alpha value is -3.86. The molecule has 0 saturated heterocycles. The molecular weight excluding hydrogens is 642 g/mol. The molecule has 0 bridgehead atoms. The third-order valence-corrected chi connectivity index (χ3v) is 0.833. The fourth-order valence-corrected chi connectivity index (χ4v) is 0. The summed E-state index contributed by atoms with van der Waals surface area (Å²) in [5, 5.41) is 89.3. The maximum absolute atomic E-state index is 8.93. The van der Waals surface area contributed by atoms with Gasteiger partial charge in [0.25, 0.3) is 0 Å². The van der Waals surface area contributed by atoms with Crippen molar-refractivity contribution in [2.45, 2.75) is 0 Å². The minimum atomic E-state index is -2.19. The van der Waals surface area contributed by atoms with Gasteiger partial charge in [-0.15, -0.1) is 0 Å². The van der Waals surface area contributed by atoms with Crippen LogP contribution >= 0.6 is 0 Å². The zero-order valence-electron chi connectivity index (χ0n) is 14.6. The second-order valence-electron chi connectivity index (χ2n) is 2.87. The minimum Gasteiger partial charge on any atom is -0.543 e. The topological polar surface area (TPSA) is 433 Å². The van der Waals surface area contributed by atoms with Gasteiger partial charge >= 0.3 is 44.8 Å². The predicted octanol–water partition coefficient (Wildman–Crippen LogP) is -18.4. The largest absolute Gasteiger partial charge is 5.00 e. The van der Waals surface area contributed by atoms with Crippen molar-refractivity contribution in [3.63, 3.8) is 0 Å². The fourth-order valence-electron chi connectivity index (χ4n) is 0. The van der Waals surface area contributed by atoms with Crippen molar-refractivity contribution in [1.29, 1.82) is 0 Å². The van der Waals surface area contributed by atoms with Gasteiger partial charge in [-0.2, -0.15) is 0 Å². The summed E-state index contributed by atoms with van der Waals surface area (Å²) in [4.78, 5) is 89.3. The molecule has 0 unspecified atom stereocenters. The van der Waals surface area contributed by atoms with Crippen molar-refractivity contribution >= 4 is 59.7 Å². The summed E-state index contributed by atoms with van der Waals surface area (Å²) in [6.07, 6.45) is 0. The van der Waals surface area contributed by atoms with Gasteiger partial charge in [-0.1, -0.05) is 0 Å². The molecule has 0 spiro atoms. The normalized spacial score (nSPS) is 6.67. The molecule has 0 radical (unpaired) electrons. The molecule has 2 N–H and O–H groups in total. The molecule has 0 aliphatic carbocycles. The summed E-state index contributed by atoms with van der Waals surface area (Å²) < 4.78 is 0. The van der Waals surface area contributed by atoms with Crippen LogP contribution < -0.4 is 51.1 Å². The van der Waals surface area contributed by atoms with E-state index in [2.05, 4.69) is 0 Å². The van der Waals surface area contributed by atoms with Gasteiger partial charge in [0.05, 0.1) is 59.7 Å². The Balaban J connectivity index is -0.0000000386. The minimum absolute atomic E-state index is 0. The molecular formula is C10H2Nb2O21. The van der Waals surface area contributed by atoms with Gasteiger partial charge in [0.2, 0.25) is 0 Å². The number of carboxylic acid groups (broad SMARTS) is 10. The fraction of sp³-hybridized carbons (Fsp3) is 0. The summed E-state index contributed by atoms with van der Waals surface area (Å²) in [6.45, 7) is 0. The van der Waals surface area contributed by atoms with Gasteiger partial charge in [-0.25, -0.2) is 0 Å². The number of hydrogen-bond acceptors (Lipinski definition) is 20. The van der Waals surface area contributed by atoms with Gasteiger partial charge in [0, 0.05) is 0 Å². The van der Waals surface area contributed by atoms with E-state index in [1.807, 2.05) is 0 Å². The Morgan fingerprint density at radius 1 is 0.242 bits per heavy atom. The molecule has 0 atom stereocenters. The first kappa shape index (κ1) is 51.6. The van der Waals surface area contributed by atoms with Crippen LogP contribution in [0.3, 0.4) is 0 Å². The zero-order valence-corrected chi connectivity index (χ0v) is 19.0. The molecule has 0 amide bonds. The zero-order chi connectivity index (χ0) is 25.8. The van der Waals surface area contributed by atoms with E-state index in [1.54, 1.807) is 0 Å². The molecule has 0 aliphatic heterocycles. The molecule has 0 heterocycles. The third kappa shape index (κ3) is 73.8. The van der Waals surface area contributed by atoms with Crippen LogP contribution in [0.1, 0.15) is 0 Å². The van der Waals surface area contributed by atoms with Crippen molar-refractivity contribution in [2.75, 3.05) is 0 Å². The van der Waals surface area contributed by atoms with E-state index in [4.69, 9.17) is 99.0 Å². The summed E-state index contributed by atoms with van der Waals surface area (Å²) in [6, 6.07) is 0. The molecule has 0 aromatic heterocycles. The maximum Gasteiger partial charge on any atom is 5.00 e. The molecule has 0 aromatic carbocycles. The van der Waals surface area contributed by atoms with E-state index >= 15 is 0 Å². The molecule has 0 saturated carbocycles. The quantitative estimate of drug-likeness (QED) is 0.174. The van der Waals surface area contributed by atoms with Crippen molar-refractivity contribution in [3.8, 4) is 0 Å². The van der Waals surface area contributed by atoms with Gasteiger partial charge in [0.1, 0.15) is 0 Å². The Bertz CT molecular complexity index is 509. The first-order valence-corrected chi connectivity index (χ1v) is 5.33. The average molecular weight is 644 g/mol. The van der Waals surface area contributed by atoms with Crippen LogP contribution in [0.25, 0.3) is 0 Å². The van der Waals surface area contributed by atoms with E-state index in [-0.39, 0.29) is 50.2 Å². The molecule has 23 heteroatoms. The number of aliphatic carboxylic acids is 10. The van der Waals surface area contributed by atoms with Crippen LogP contribution in [0.15, 0.2) is 0 Å². The van der Waals surface area contributed by atoms with Gasteiger partial charge in [0.15, 0.2) is 0 Å². The maximum atomic E-state index is 8.93. The smallest absolute Gasteiger partial charge is 0.543 e. The average Bonchev–Trinajstić information content (AvgIpc) is 2.56. The van der Waals surface area contributed by atoms with Crippen LogP contribution in [0, 0.1) is 0 Å². The van der Waals surface area contributed by atoms with E-state index in [9.17, 15) is 0 Å². The first-order valence-electron chi connectivity index (χ1n) is 5.33. The summed E-state index contributed by atoms with van der Waals surface area (Å²) in [7, 11) is 0. The monoisotopic (exact) mass is 644 g/mol. The van der Waals surface area contributed by atoms with Crippen LogP contribution in [-0.4, -0.2) is 65.2 Å². The van der Waals surface area contributed by atoms with E-state index in [0.29, 0.717) is 0 Å². The Morgan fingerprint density at radius 3 is 0.273 bits per heavy atom. The van der Waals surface area contributed by atoms with Crippen molar-refractivity contribution < 1.29 is 149 Å². The second kappa shape index (κ2) is 30.3. The SMILES string of the molecule is O.O=C([O-])C(=O)[O-].O=C([O-])C(=O)[O-].O=C([O-])C(=O)[O-].O=C([O-])C(=O)[O-].O=C([O-])C(=O)[O-].[Nb+5].[Nb+5]. The predicted molar refractivity (Wildman–Crippen MR) is 53.7 cm³/mol. The number of hydrogen-bond donors (Lipinski definition) is 0. The van der Waals surface area contributed by atoms with E-state index in [0.717, 1.165) is 0 Å². The standard InChI is InChI=1S/5C2H2O4.2Nb.H2O/c5*3-1(4)2(5)6;;;/h5*(H,3,4)(H,5,6);;;1H2/q;;;;;2*+5;/p-10. The number of carbonyl (C=O) groups excluding carboxylic acids is 10. The van der Waals surface area contributed by atoms with Crippen LogP contribution in [0.2, 0.25) is 0 Å². The number of carboxylic acids is 10. The molecule has 33 heavy (non-hydrogen) atoms. The Kier molecular flexibility index (Phi) is 47.5. The molecule has 178 valence electrons. The summed E-state index contributed by atoms with van der Waals surface area (Å²) in [5.74, 6) is -21.9. The molecule has 0 rings (SSSR count). The molecule has 21 nitrogen and oxygen atoms in total. The third-order valence-electron chi connectivity index (χ3n) is 0.833. The van der Waals surface area contributed by atoms with Crippen LogP contribution in [0.4, 0.5) is 0 Å². The van der Waals surface area contributed by atoms with Crippen LogP contribution in [0.5, 0.6) is 0 Å². The van der Waals surface area contributed by atoms with Gasteiger partial charge < -0.3 is 104 Å².